The maximum Gasteiger partial charge on any atom is 0.297 e. The lowest BCUT2D eigenvalue weighted by atomic mass is 10.1. The number of rotatable bonds is 27. The number of amides is 2. The Kier molecular flexibility index (Phi) is 22.5. The fourth-order valence-corrected chi connectivity index (χ4v) is 13.2. The lowest BCUT2D eigenvalue weighted by molar-refractivity contribution is -0.120. The lowest BCUT2D eigenvalue weighted by Crippen LogP contribution is -2.21. The Hall–Kier alpha value is -10.2. The standard InChI is InChI=1S/C62H57N15O10S5/c1-8-76(9-2)42-25-27-49(72-74-58-48(35-63)55(92(85,86)87)54(90-58)34-47(38(6)79)57(81)66-41-22-16-13-17-23-41)51(30-42)67-60-69-61(71-62(70-60)88-36-39-19-18-24-45(29-39)91(82,83)84)68-52-31-43(77(10-3)11-4)26-28-50(52)73-75-59-53(64-7)33-44(89-59)32-46(37(5)78)56(80)65-40-20-14-12-15-21-40/h12-34H,8-11,36H2,1-6H3,(H,65,80)(H,66,81)(H,82,83,84)(H,85,86,87)(H2,67,68,69,70,71)/b46-32+,47-34-,74-72?,75-73?. The molecule has 3 heterocycles. The van der Waals surface area contributed by atoms with Crippen LogP contribution in [0.25, 0.3) is 17.0 Å². The molecule has 25 nitrogen and oxygen atoms in total. The molecule has 5 aromatic carbocycles. The molecule has 0 unspecified atom stereocenters. The van der Waals surface area contributed by atoms with Gasteiger partial charge in [-0.25, -0.2) is 4.85 Å². The molecule has 2 amide bonds. The number of Topliss-reactive ketones (excluding diaryl/α,β-unsaturated/α-hetero) is 2. The van der Waals surface area contributed by atoms with Crippen LogP contribution < -0.4 is 31.1 Å². The van der Waals surface area contributed by atoms with Crippen LogP contribution >= 0.6 is 34.4 Å². The molecule has 0 spiro atoms. The van der Waals surface area contributed by atoms with Gasteiger partial charge in [-0.05, 0) is 138 Å². The summed E-state index contributed by atoms with van der Waals surface area (Å²) in [4.78, 5) is 73.3. The van der Waals surface area contributed by atoms with Crippen LogP contribution in [0.4, 0.5) is 73.1 Å². The number of aromatic nitrogens is 3. The number of nitrogens with zero attached hydrogens (tertiary/aromatic N) is 11. The van der Waals surface area contributed by atoms with Gasteiger partial charge in [0.15, 0.2) is 21.7 Å². The second kappa shape index (κ2) is 30.6. The maximum absolute atomic E-state index is 13.4. The number of para-hydroxylation sites is 2. The summed E-state index contributed by atoms with van der Waals surface area (Å²) < 4.78 is 70.7. The van der Waals surface area contributed by atoms with Gasteiger partial charge in [0.05, 0.1) is 38.9 Å². The first-order valence-electron chi connectivity index (χ1n) is 27.9. The molecule has 0 bridgehead atoms. The Morgan fingerprint density at radius 2 is 1.15 bits per heavy atom. The van der Waals surface area contributed by atoms with E-state index in [-0.39, 0.29) is 70.9 Å². The molecule has 0 aliphatic carbocycles. The topological polar surface area (TPSA) is 348 Å². The Morgan fingerprint density at radius 3 is 1.62 bits per heavy atom. The van der Waals surface area contributed by atoms with Crippen LogP contribution in [0.15, 0.2) is 174 Å². The van der Waals surface area contributed by atoms with Crippen molar-refractivity contribution in [2.45, 2.75) is 62.2 Å². The first kappa shape index (κ1) is 67.7. The zero-order valence-corrected chi connectivity index (χ0v) is 54.0. The molecule has 0 aliphatic rings. The van der Waals surface area contributed by atoms with Gasteiger partial charge in [-0.15, -0.1) is 38.0 Å². The molecule has 0 fully saturated rings. The number of carbonyl (C=O) groups excluding carboxylic acids is 4. The third kappa shape index (κ3) is 17.4. The van der Waals surface area contributed by atoms with Crippen LogP contribution in [0.3, 0.4) is 0 Å². The molecule has 470 valence electrons. The van der Waals surface area contributed by atoms with Crippen molar-refractivity contribution in [3.05, 3.63) is 171 Å². The zero-order chi connectivity index (χ0) is 66.3. The van der Waals surface area contributed by atoms with Crippen LogP contribution in [0.5, 0.6) is 0 Å². The molecule has 30 heteroatoms. The van der Waals surface area contributed by atoms with Crippen molar-refractivity contribution >= 4 is 163 Å². The number of thiophene rings is 2. The van der Waals surface area contributed by atoms with E-state index in [1.54, 1.807) is 103 Å². The molecule has 6 N–H and O–H groups in total. The van der Waals surface area contributed by atoms with Crippen LogP contribution in [-0.4, -0.2) is 90.5 Å². The minimum absolute atomic E-state index is 0.0539. The van der Waals surface area contributed by atoms with E-state index in [0.717, 1.165) is 41.8 Å². The number of nitriles is 1. The first-order valence-corrected chi connectivity index (χ1v) is 33.4. The van der Waals surface area contributed by atoms with Crippen LogP contribution in [-0.2, 0) is 45.2 Å². The average Bonchev–Trinajstić information content (AvgIpc) is 1.61. The van der Waals surface area contributed by atoms with Crippen molar-refractivity contribution < 1.29 is 45.1 Å². The number of anilines is 8. The van der Waals surface area contributed by atoms with E-state index in [1.807, 2.05) is 38.7 Å². The highest BCUT2D eigenvalue weighted by Gasteiger charge is 2.29. The third-order valence-corrected chi connectivity index (χ3v) is 18.1. The van der Waals surface area contributed by atoms with Gasteiger partial charge in [-0.1, -0.05) is 60.3 Å². The van der Waals surface area contributed by atoms with Crippen molar-refractivity contribution in [3.8, 4) is 6.07 Å². The molecule has 0 saturated carbocycles. The van der Waals surface area contributed by atoms with E-state index in [4.69, 9.17) is 21.5 Å². The van der Waals surface area contributed by atoms with Gasteiger partial charge in [-0.3, -0.25) is 28.3 Å². The van der Waals surface area contributed by atoms with Gasteiger partial charge in [0.2, 0.25) is 17.6 Å². The highest BCUT2D eigenvalue weighted by atomic mass is 32.2. The lowest BCUT2D eigenvalue weighted by Gasteiger charge is -2.22. The normalized spacial score (nSPS) is 11.9. The maximum atomic E-state index is 13.4. The van der Waals surface area contributed by atoms with E-state index in [0.29, 0.717) is 70.7 Å². The summed E-state index contributed by atoms with van der Waals surface area (Å²) in [7, 11) is -9.77. The predicted octanol–water partition coefficient (Wildman–Crippen LogP) is 14.4. The quantitative estimate of drug-likeness (QED) is 0.00530. The summed E-state index contributed by atoms with van der Waals surface area (Å²) in [5.41, 5.74) is 2.49. The van der Waals surface area contributed by atoms with Gasteiger partial charge >= 0.3 is 0 Å². The molecule has 92 heavy (non-hydrogen) atoms. The zero-order valence-electron chi connectivity index (χ0n) is 49.9. The number of thioether (sulfide) groups is 1. The van der Waals surface area contributed by atoms with Gasteiger partial charge in [0.1, 0.15) is 32.9 Å². The number of nitrogens with one attached hydrogen (secondary N) is 4. The summed E-state index contributed by atoms with van der Waals surface area (Å²) in [5.74, 6) is -2.85. The van der Waals surface area contributed by atoms with Gasteiger partial charge < -0.3 is 31.1 Å². The SMILES string of the molecule is [C-]#[N+]c1cc(/C=C(\C(C)=O)C(=O)Nc2ccccc2)sc1N=Nc1ccc(N(CC)CC)cc1Nc1nc(Nc2cc(N(CC)CC)ccc2N=Nc2sc(/C=C(/C(C)=O)C(=O)Nc3ccccc3)c(S(=O)(=O)O)c2C#N)nc(SCc2cccc(S(=O)(=O)O)c2)n1. The molecule has 3 aromatic heterocycles. The predicted molar refractivity (Wildman–Crippen MR) is 357 cm³/mol. The van der Waals surface area contributed by atoms with Gasteiger partial charge in [-0.2, -0.15) is 42.2 Å². The fraction of sp³-hybridized carbons (Fsp3) is 0.177. The number of azo groups is 2. The largest absolute Gasteiger partial charge is 0.372 e. The molecule has 8 aromatic rings. The minimum atomic E-state index is -5.21. The second-order valence-corrected chi connectivity index (χ2v) is 25.3. The summed E-state index contributed by atoms with van der Waals surface area (Å²) in [6, 6.07) is 36.1. The summed E-state index contributed by atoms with van der Waals surface area (Å²) in [6.45, 7) is 20.6. The minimum Gasteiger partial charge on any atom is -0.372 e. The van der Waals surface area contributed by atoms with Crippen LogP contribution in [0.2, 0.25) is 0 Å². The molecule has 0 aliphatic heterocycles. The summed E-state index contributed by atoms with van der Waals surface area (Å²) in [6.07, 6.45) is 2.34. The van der Waals surface area contributed by atoms with Crippen molar-refractivity contribution in [1.82, 2.24) is 15.0 Å². The van der Waals surface area contributed by atoms with E-state index >= 15 is 0 Å². The highest BCUT2D eigenvalue weighted by Crippen LogP contribution is 2.44. The summed E-state index contributed by atoms with van der Waals surface area (Å²) in [5, 5.41) is 40.0. The summed E-state index contributed by atoms with van der Waals surface area (Å²) >= 11 is 2.68. The number of ketones is 2. The molecule has 0 atom stereocenters. The van der Waals surface area contributed by atoms with Crippen LogP contribution in [0.1, 0.15) is 62.4 Å². The van der Waals surface area contributed by atoms with Crippen molar-refractivity contribution in [3.63, 3.8) is 0 Å². The van der Waals surface area contributed by atoms with E-state index in [2.05, 4.69) is 51.5 Å². The number of hydrogen-bond acceptors (Lipinski definition) is 23. The Morgan fingerprint density at radius 1 is 0.641 bits per heavy atom. The highest BCUT2D eigenvalue weighted by molar-refractivity contribution is 7.98. The Bertz CT molecular complexity index is 4570. The fourth-order valence-electron chi connectivity index (χ4n) is 8.83. The first-order chi connectivity index (χ1) is 44.0. The Labute approximate surface area is 542 Å². The van der Waals surface area contributed by atoms with Gasteiger partial charge in [0.25, 0.3) is 32.1 Å². The second-order valence-electron chi connectivity index (χ2n) is 19.5. The van der Waals surface area contributed by atoms with E-state index < -0.39 is 59.6 Å². The van der Waals surface area contributed by atoms with Crippen molar-refractivity contribution in [2.24, 2.45) is 20.5 Å². The number of hydrogen-bond donors (Lipinski definition) is 6. The third-order valence-electron chi connectivity index (χ3n) is 13.3. The smallest absolute Gasteiger partial charge is 0.297 e. The molecule has 8 rings (SSSR count). The van der Waals surface area contributed by atoms with E-state index in [9.17, 15) is 50.4 Å². The van der Waals surface area contributed by atoms with Crippen molar-refractivity contribution in [1.29, 1.82) is 5.26 Å². The molecule has 0 radical (unpaired) electrons. The molecular formula is C62H57N15O10S5. The number of benzene rings is 5. The molecular weight excluding hydrogens is 1280 g/mol. The Balaban J connectivity index is 1.22. The van der Waals surface area contributed by atoms with Gasteiger partial charge in [0, 0.05) is 59.6 Å². The monoisotopic (exact) mass is 1330 g/mol. The van der Waals surface area contributed by atoms with Crippen LogP contribution in [0, 0.1) is 17.9 Å². The van der Waals surface area contributed by atoms with Crippen molar-refractivity contribution in [2.75, 3.05) is 57.2 Å². The number of carbonyl (C=O) groups is 4. The molecule has 0 saturated heterocycles. The average molecular weight is 1330 g/mol. The van der Waals surface area contributed by atoms with E-state index in [1.165, 1.54) is 37.3 Å².